The van der Waals surface area contributed by atoms with Crippen LogP contribution in [0.4, 0.5) is 15.8 Å². The van der Waals surface area contributed by atoms with Gasteiger partial charge < -0.3 is 14.7 Å². The van der Waals surface area contributed by atoms with Crippen LogP contribution in [0.5, 0.6) is 5.75 Å². The van der Waals surface area contributed by atoms with Gasteiger partial charge in [0.2, 0.25) is 0 Å². The number of ether oxygens (including phenoxy) is 1. The van der Waals surface area contributed by atoms with Gasteiger partial charge in [0.15, 0.2) is 11.6 Å². The van der Waals surface area contributed by atoms with E-state index in [-0.39, 0.29) is 24.4 Å². The third-order valence-electron chi connectivity index (χ3n) is 2.52. The second kappa shape index (κ2) is 5.98. The minimum absolute atomic E-state index is 0.0451. The van der Waals surface area contributed by atoms with Crippen molar-refractivity contribution in [3.63, 3.8) is 0 Å². The highest BCUT2D eigenvalue weighted by molar-refractivity contribution is 5.68. The number of benzene rings is 1. The monoisotopic (exact) mass is 272 g/mol. The Morgan fingerprint density at radius 2 is 2.21 bits per heavy atom. The van der Waals surface area contributed by atoms with Crippen LogP contribution in [0.1, 0.15) is 6.42 Å². The Morgan fingerprint density at radius 1 is 1.58 bits per heavy atom. The summed E-state index contributed by atoms with van der Waals surface area (Å²) in [7, 11) is 2.73. The molecule has 0 aliphatic heterocycles. The second-order valence-corrected chi connectivity index (χ2v) is 3.80. The van der Waals surface area contributed by atoms with Gasteiger partial charge in [-0.2, -0.15) is 0 Å². The van der Waals surface area contributed by atoms with E-state index in [1.54, 1.807) is 0 Å². The predicted molar refractivity (Wildman–Crippen MR) is 65.1 cm³/mol. The number of hydrogen-bond acceptors (Lipinski definition) is 5. The number of nitro benzene ring substituents is 1. The van der Waals surface area contributed by atoms with E-state index in [9.17, 15) is 19.3 Å². The quantitative estimate of drug-likeness (QED) is 0.625. The Hall–Kier alpha value is -2.38. The summed E-state index contributed by atoms with van der Waals surface area (Å²) in [6.07, 6.45) is -0.171. The molecule has 0 unspecified atom stereocenters. The first-order valence-electron chi connectivity index (χ1n) is 5.31. The van der Waals surface area contributed by atoms with Gasteiger partial charge in [0.25, 0.3) is 0 Å². The summed E-state index contributed by atoms with van der Waals surface area (Å²) in [6, 6.07) is 1.93. The fraction of sp³-hybridized carbons (Fsp3) is 0.364. The molecule has 0 amide bonds. The molecule has 7 nitrogen and oxygen atoms in total. The zero-order valence-corrected chi connectivity index (χ0v) is 10.4. The van der Waals surface area contributed by atoms with Gasteiger partial charge >= 0.3 is 11.7 Å². The van der Waals surface area contributed by atoms with Crippen LogP contribution < -0.4 is 9.64 Å². The molecule has 8 heteroatoms. The lowest BCUT2D eigenvalue weighted by Crippen LogP contribution is -2.22. The Balaban J connectivity index is 3.08. The number of hydrogen-bond donors (Lipinski definition) is 1. The fourth-order valence-corrected chi connectivity index (χ4v) is 1.51. The molecule has 0 saturated carbocycles. The lowest BCUT2D eigenvalue weighted by atomic mass is 10.2. The van der Waals surface area contributed by atoms with E-state index < -0.39 is 22.4 Å². The van der Waals surface area contributed by atoms with Crippen LogP contribution in [0.3, 0.4) is 0 Å². The van der Waals surface area contributed by atoms with Gasteiger partial charge in [-0.3, -0.25) is 14.9 Å². The molecular formula is C11H13FN2O5. The summed E-state index contributed by atoms with van der Waals surface area (Å²) in [5.41, 5.74) is -0.431. The van der Waals surface area contributed by atoms with Gasteiger partial charge in [0.05, 0.1) is 30.2 Å². The average Bonchev–Trinajstić information content (AvgIpc) is 2.35. The van der Waals surface area contributed by atoms with E-state index in [1.165, 1.54) is 25.1 Å². The number of nitro groups is 1. The molecule has 0 bridgehead atoms. The van der Waals surface area contributed by atoms with Crippen LogP contribution in [0.2, 0.25) is 0 Å². The maximum Gasteiger partial charge on any atom is 0.313 e. The maximum atomic E-state index is 13.8. The Kier molecular flexibility index (Phi) is 4.62. The molecule has 0 spiro atoms. The van der Waals surface area contributed by atoms with E-state index >= 15 is 0 Å². The highest BCUT2D eigenvalue weighted by Crippen LogP contribution is 2.33. The van der Waals surface area contributed by atoms with Crippen LogP contribution in [0.15, 0.2) is 12.1 Å². The van der Waals surface area contributed by atoms with Crippen molar-refractivity contribution in [1.82, 2.24) is 0 Å². The van der Waals surface area contributed by atoms with E-state index in [1.807, 2.05) is 0 Å². The first kappa shape index (κ1) is 14.7. The molecule has 0 atom stereocenters. The number of halogens is 1. The van der Waals surface area contributed by atoms with E-state index in [0.29, 0.717) is 0 Å². The van der Waals surface area contributed by atoms with Gasteiger partial charge in [0, 0.05) is 19.7 Å². The SMILES string of the molecule is COc1cc(N(C)CCC(=O)O)c(F)cc1[N+](=O)[O-]. The molecule has 1 N–H and O–H groups in total. The van der Waals surface area contributed by atoms with Crippen molar-refractivity contribution in [1.29, 1.82) is 0 Å². The molecular weight excluding hydrogens is 259 g/mol. The summed E-state index contributed by atoms with van der Waals surface area (Å²) in [5, 5.41) is 19.3. The van der Waals surface area contributed by atoms with Crippen LogP contribution in [-0.2, 0) is 4.79 Å². The fourth-order valence-electron chi connectivity index (χ4n) is 1.51. The summed E-state index contributed by atoms with van der Waals surface area (Å²) in [5.74, 6) is -1.90. The Bertz CT molecular complexity index is 506. The minimum atomic E-state index is -1.01. The molecule has 0 aliphatic rings. The number of carbonyl (C=O) groups is 1. The van der Waals surface area contributed by atoms with Crippen molar-refractivity contribution in [2.24, 2.45) is 0 Å². The van der Waals surface area contributed by atoms with Gasteiger partial charge in [0.1, 0.15) is 0 Å². The molecule has 0 aromatic heterocycles. The normalized spacial score (nSPS) is 10.1. The predicted octanol–water partition coefficient (Wildman–Crippen LogP) is 1.65. The van der Waals surface area contributed by atoms with E-state index in [4.69, 9.17) is 9.84 Å². The lowest BCUT2D eigenvalue weighted by molar-refractivity contribution is -0.385. The van der Waals surface area contributed by atoms with Gasteiger partial charge in [-0.05, 0) is 0 Å². The third-order valence-corrected chi connectivity index (χ3v) is 2.52. The van der Waals surface area contributed by atoms with Crippen molar-refractivity contribution in [2.75, 3.05) is 25.6 Å². The zero-order valence-electron chi connectivity index (χ0n) is 10.4. The molecule has 1 aromatic carbocycles. The number of carboxylic acids is 1. The highest BCUT2D eigenvalue weighted by atomic mass is 19.1. The van der Waals surface area contributed by atoms with Crippen LogP contribution in [0.25, 0.3) is 0 Å². The molecule has 0 radical (unpaired) electrons. The maximum absolute atomic E-state index is 13.8. The van der Waals surface area contributed by atoms with Crippen molar-refractivity contribution in [3.05, 3.63) is 28.1 Å². The minimum Gasteiger partial charge on any atom is -0.490 e. The van der Waals surface area contributed by atoms with Gasteiger partial charge in [-0.25, -0.2) is 4.39 Å². The average molecular weight is 272 g/mol. The highest BCUT2D eigenvalue weighted by Gasteiger charge is 2.21. The zero-order chi connectivity index (χ0) is 14.6. The molecule has 0 saturated heterocycles. The topological polar surface area (TPSA) is 92.9 Å². The number of carboxylic acid groups (broad SMARTS) is 1. The summed E-state index contributed by atoms with van der Waals surface area (Å²) >= 11 is 0. The molecule has 0 heterocycles. The van der Waals surface area contributed by atoms with Gasteiger partial charge in [-0.1, -0.05) is 0 Å². The van der Waals surface area contributed by atoms with E-state index in [2.05, 4.69) is 0 Å². The summed E-state index contributed by atoms with van der Waals surface area (Å²) in [6.45, 7) is 0.0766. The number of rotatable bonds is 6. The summed E-state index contributed by atoms with van der Waals surface area (Å²) in [4.78, 5) is 21.8. The van der Waals surface area contributed by atoms with Crippen molar-refractivity contribution in [2.45, 2.75) is 6.42 Å². The largest absolute Gasteiger partial charge is 0.490 e. The first-order valence-corrected chi connectivity index (χ1v) is 5.31. The second-order valence-electron chi connectivity index (χ2n) is 3.80. The molecule has 1 aromatic rings. The van der Waals surface area contributed by atoms with E-state index in [0.717, 1.165) is 6.07 Å². The molecule has 0 fully saturated rings. The molecule has 0 aliphatic carbocycles. The number of aliphatic carboxylic acids is 1. The number of nitrogens with zero attached hydrogens (tertiary/aromatic N) is 2. The molecule has 19 heavy (non-hydrogen) atoms. The van der Waals surface area contributed by atoms with Gasteiger partial charge in [-0.15, -0.1) is 0 Å². The van der Waals surface area contributed by atoms with Crippen molar-refractivity contribution in [3.8, 4) is 5.75 Å². The first-order chi connectivity index (χ1) is 8.86. The standard InChI is InChI=1S/C11H13FN2O5/c1-13(4-3-11(15)16)8-6-10(19-2)9(14(17)18)5-7(8)12/h5-6H,3-4H2,1-2H3,(H,15,16). The Labute approximate surface area is 108 Å². The van der Waals surface area contributed by atoms with Crippen molar-refractivity contribution >= 4 is 17.3 Å². The summed E-state index contributed by atoms with van der Waals surface area (Å²) < 4.78 is 18.6. The van der Waals surface area contributed by atoms with Crippen LogP contribution in [0, 0.1) is 15.9 Å². The van der Waals surface area contributed by atoms with Crippen LogP contribution >= 0.6 is 0 Å². The Morgan fingerprint density at radius 3 is 2.68 bits per heavy atom. The lowest BCUT2D eigenvalue weighted by Gasteiger charge is -2.19. The smallest absolute Gasteiger partial charge is 0.313 e. The third kappa shape index (κ3) is 3.54. The van der Waals surface area contributed by atoms with Crippen LogP contribution in [-0.4, -0.2) is 36.7 Å². The molecule has 104 valence electrons. The number of anilines is 1. The van der Waals surface area contributed by atoms with Crippen molar-refractivity contribution < 1.29 is 24.0 Å². The molecule has 1 rings (SSSR count). The number of methoxy groups -OCH3 is 1.